The van der Waals surface area contributed by atoms with Crippen molar-refractivity contribution >= 4 is 17.1 Å². The second-order valence-electron chi connectivity index (χ2n) is 4.54. The molecule has 0 spiro atoms. The van der Waals surface area contributed by atoms with Gasteiger partial charge in [-0.2, -0.15) is 4.98 Å². The first-order chi connectivity index (χ1) is 10.3. The number of ether oxygens (including phenoxy) is 3. The molecular formula is C14H12N4O3. The molecule has 2 N–H and O–H groups in total. The molecule has 0 radical (unpaired) electrons. The van der Waals surface area contributed by atoms with E-state index in [0.29, 0.717) is 34.5 Å². The van der Waals surface area contributed by atoms with Crippen molar-refractivity contribution in [2.45, 2.75) is 0 Å². The van der Waals surface area contributed by atoms with E-state index in [2.05, 4.69) is 9.97 Å². The highest BCUT2D eigenvalue weighted by Gasteiger charge is 2.17. The molecule has 3 aromatic rings. The fourth-order valence-corrected chi connectivity index (χ4v) is 2.35. The van der Waals surface area contributed by atoms with Crippen molar-refractivity contribution in [2.24, 2.45) is 0 Å². The van der Waals surface area contributed by atoms with Crippen LogP contribution in [0.4, 0.5) is 5.95 Å². The van der Waals surface area contributed by atoms with Gasteiger partial charge in [0, 0.05) is 12.1 Å². The van der Waals surface area contributed by atoms with E-state index in [1.54, 1.807) is 17.7 Å². The number of imidazole rings is 1. The topological polar surface area (TPSA) is 84.4 Å². The molecule has 106 valence electrons. The maximum atomic E-state index is 6.02. The fraction of sp³-hybridized carbons (Fsp3) is 0.143. The van der Waals surface area contributed by atoms with Crippen LogP contribution in [0, 0.1) is 0 Å². The summed E-state index contributed by atoms with van der Waals surface area (Å²) in [7, 11) is 1.57. The highest BCUT2D eigenvalue weighted by atomic mass is 16.7. The Labute approximate surface area is 119 Å². The van der Waals surface area contributed by atoms with Crippen LogP contribution in [-0.4, -0.2) is 28.4 Å². The molecule has 0 saturated heterocycles. The van der Waals surface area contributed by atoms with Crippen LogP contribution in [0.5, 0.6) is 17.4 Å². The van der Waals surface area contributed by atoms with Gasteiger partial charge in [-0.25, -0.2) is 4.98 Å². The molecule has 0 unspecified atom stereocenters. The highest BCUT2D eigenvalue weighted by Crippen LogP contribution is 2.35. The van der Waals surface area contributed by atoms with Crippen LogP contribution < -0.4 is 19.9 Å². The van der Waals surface area contributed by atoms with Gasteiger partial charge < -0.3 is 19.9 Å². The van der Waals surface area contributed by atoms with Gasteiger partial charge in [-0.05, 0) is 18.2 Å². The molecule has 1 aromatic carbocycles. The summed E-state index contributed by atoms with van der Waals surface area (Å²) in [5, 5.41) is 0. The number of nitrogens with two attached hydrogens (primary N) is 1. The Bertz CT molecular complexity index is 844. The SMILES string of the molecule is COc1ccc2nc(N)n(-c3ccc4c(c3)OCO4)c2n1. The molecule has 1 aliphatic rings. The molecule has 7 nitrogen and oxygen atoms in total. The minimum Gasteiger partial charge on any atom is -0.481 e. The van der Waals surface area contributed by atoms with Gasteiger partial charge in [0.25, 0.3) is 0 Å². The van der Waals surface area contributed by atoms with Gasteiger partial charge >= 0.3 is 0 Å². The second-order valence-corrected chi connectivity index (χ2v) is 4.54. The molecule has 0 saturated carbocycles. The normalized spacial score (nSPS) is 12.8. The molecular weight excluding hydrogens is 272 g/mol. The molecule has 21 heavy (non-hydrogen) atoms. The number of hydrogen-bond donors (Lipinski definition) is 1. The lowest BCUT2D eigenvalue weighted by atomic mass is 10.2. The Morgan fingerprint density at radius 3 is 2.86 bits per heavy atom. The summed E-state index contributed by atoms with van der Waals surface area (Å²) >= 11 is 0. The van der Waals surface area contributed by atoms with Crippen LogP contribution in [0.25, 0.3) is 16.9 Å². The standard InChI is InChI=1S/C14H12N4O3/c1-19-12-5-3-9-13(17-12)18(14(15)16-9)8-2-4-10-11(6-8)21-7-20-10/h2-6H,7H2,1H3,(H2,15,16). The largest absolute Gasteiger partial charge is 0.481 e. The maximum absolute atomic E-state index is 6.02. The molecule has 0 bridgehead atoms. The number of aromatic nitrogens is 3. The van der Waals surface area contributed by atoms with E-state index in [-0.39, 0.29) is 6.79 Å². The molecule has 1 aliphatic heterocycles. The van der Waals surface area contributed by atoms with Gasteiger partial charge in [-0.15, -0.1) is 0 Å². The zero-order chi connectivity index (χ0) is 14.4. The van der Waals surface area contributed by atoms with E-state index in [1.165, 1.54) is 0 Å². The van der Waals surface area contributed by atoms with Crippen LogP contribution in [0.3, 0.4) is 0 Å². The van der Waals surface area contributed by atoms with Gasteiger partial charge in [0.1, 0.15) is 5.52 Å². The number of fused-ring (bicyclic) bond motifs is 2. The van der Waals surface area contributed by atoms with E-state index < -0.39 is 0 Å². The van der Waals surface area contributed by atoms with Gasteiger partial charge in [0.05, 0.1) is 12.8 Å². The first-order valence-corrected chi connectivity index (χ1v) is 6.35. The number of methoxy groups -OCH3 is 1. The quantitative estimate of drug-likeness (QED) is 0.771. The molecule has 0 fully saturated rings. The Morgan fingerprint density at radius 1 is 1.14 bits per heavy atom. The first-order valence-electron chi connectivity index (χ1n) is 6.35. The van der Waals surface area contributed by atoms with Gasteiger partial charge in [-0.1, -0.05) is 0 Å². The zero-order valence-electron chi connectivity index (χ0n) is 11.2. The lowest BCUT2D eigenvalue weighted by molar-refractivity contribution is 0.174. The first kappa shape index (κ1) is 11.8. The van der Waals surface area contributed by atoms with Crippen molar-refractivity contribution < 1.29 is 14.2 Å². The molecule has 3 heterocycles. The Balaban J connectivity index is 1.94. The summed E-state index contributed by atoms with van der Waals surface area (Å²) in [5.41, 5.74) is 8.16. The Morgan fingerprint density at radius 2 is 2.00 bits per heavy atom. The second kappa shape index (κ2) is 4.27. The number of hydrogen-bond acceptors (Lipinski definition) is 6. The lowest BCUT2D eigenvalue weighted by Gasteiger charge is -2.07. The average molecular weight is 284 g/mol. The summed E-state index contributed by atoms with van der Waals surface area (Å²) in [4.78, 5) is 8.72. The minimum absolute atomic E-state index is 0.227. The third-order valence-electron chi connectivity index (χ3n) is 3.33. The summed E-state index contributed by atoms with van der Waals surface area (Å²) in [6.45, 7) is 0.227. The number of benzene rings is 1. The molecule has 0 aliphatic carbocycles. The lowest BCUT2D eigenvalue weighted by Crippen LogP contribution is -2.01. The summed E-state index contributed by atoms with van der Waals surface area (Å²) in [6, 6.07) is 9.13. The number of pyridine rings is 1. The van der Waals surface area contributed by atoms with Gasteiger partial charge in [-0.3, -0.25) is 4.57 Å². The molecule has 7 heteroatoms. The van der Waals surface area contributed by atoms with Crippen LogP contribution in [-0.2, 0) is 0 Å². The maximum Gasteiger partial charge on any atom is 0.231 e. The Hall–Kier alpha value is -2.96. The molecule has 0 amide bonds. The van der Waals surface area contributed by atoms with E-state index in [1.807, 2.05) is 24.3 Å². The Kier molecular flexibility index (Phi) is 2.41. The van der Waals surface area contributed by atoms with E-state index >= 15 is 0 Å². The van der Waals surface area contributed by atoms with Crippen molar-refractivity contribution in [1.29, 1.82) is 0 Å². The van der Waals surface area contributed by atoms with Crippen molar-refractivity contribution in [1.82, 2.24) is 14.5 Å². The third kappa shape index (κ3) is 1.74. The zero-order valence-corrected chi connectivity index (χ0v) is 11.2. The van der Waals surface area contributed by atoms with Crippen LogP contribution in [0.2, 0.25) is 0 Å². The molecule has 0 atom stereocenters. The minimum atomic E-state index is 0.227. The van der Waals surface area contributed by atoms with Crippen LogP contribution >= 0.6 is 0 Å². The third-order valence-corrected chi connectivity index (χ3v) is 3.33. The van der Waals surface area contributed by atoms with E-state index in [4.69, 9.17) is 19.9 Å². The van der Waals surface area contributed by atoms with E-state index in [9.17, 15) is 0 Å². The summed E-state index contributed by atoms with van der Waals surface area (Å²) in [5.74, 6) is 2.25. The number of nitrogen functional groups attached to an aromatic ring is 1. The number of anilines is 1. The molecule has 4 rings (SSSR count). The predicted molar refractivity (Wildman–Crippen MR) is 76.0 cm³/mol. The van der Waals surface area contributed by atoms with E-state index in [0.717, 1.165) is 5.69 Å². The van der Waals surface area contributed by atoms with Crippen molar-refractivity contribution in [3.63, 3.8) is 0 Å². The van der Waals surface area contributed by atoms with Crippen LogP contribution in [0.1, 0.15) is 0 Å². The van der Waals surface area contributed by atoms with Gasteiger partial charge in [0.15, 0.2) is 17.1 Å². The van der Waals surface area contributed by atoms with Crippen molar-refractivity contribution in [2.75, 3.05) is 19.6 Å². The number of nitrogens with zero attached hydrogens (tertiary/aromatic N) is 3. The molecule has 2 aromatic heterocycles. The van der Waals surface area contributed by atoms with Crippen molar-refractivity contribution in [3.05, 3.63) is 30.3 Å². The smallest absolute Gasteiger partial charge is 0.231 e. The monoisotopic (exact) mass is 284 g/mol. The van der Waals surface area contributed by atoms with Crippen molar-refractivity contribution in [3.8, 4) is 23.1 Å². The average Bonchev–Trinajstić information content (AvgIpc) is 3.08. The number of rotatable bonds is 2. The summed E-state index contributed by atoms with van der Waals surface area (Å²) in [6.07, 6.45) is 0. The van der Waals surface area contributed by atoms with Crippen LogP contribution in [0.15, 0.2) is 30.3 Å². The highest BCUT2D eigenvalue weighted by molar-refractivity contribution is 5.78. The summed E-state index contributed by atoms with van der Waals surface area (Å²) < 4.78 is 17.6. The fourth-order valence-electron chi connectivity index (χ4n) is 2.35. The predicted octanol–water partition coefficient (Wildman–Crippen LogP) is 1.74. The van der Waals surface area contributed by atoms with Gasteiger partial charge in [0.2, 0.25) is 18.6 Å².